The first-order chi connectivity index (χ1) is 14.9. The SMILES string of the molecule is O=C(C[C@@H]1c2ccccc2CCN1S(=O)(=O)c1ccc(Cl)cc1)NC1CCCCCC1. The van der Waals surface area contributed by atoms with Crippen molar-refractivity contribution in [2.45, 2.75) is 68.3 Å². The quantitative estimate of drug-likeness (QED) is 0.648. The van der Waals surface area contributed by atoms with Gasteiger partial charge in [0.15, 0.2) is 0 Å². The molecular weight excluding hydrogens is 432 g/mol. The van der Waals surface area contributed by atoms with Gasteiger partial charge >= 0.3 is 0 Å². The average molecular weight is 461 g/mol. The van der Waals surface area contributed by atoms with Gasteiger partial charge in [-0.15, -0.1) is 0 Å². The van der Waals surface area contributed by atoms with Crippen molar-refractivity contribution in [1.82, 2.24) is 9.62 Å². The molecule has 1 atom stereocenters. The highest BCUT2D eigenvalue weighted by Crippen LogP contribution is 2.36. The minimum atomic E-state index is -3.76. The van der Waals surface area contributed by atoms with Crippen LogP contribution in [0, 0.1) is 0 Å². The van der Waals surface area contributed by atoms with Crippen molar-refractivity contribution < 1.29 is 13.2 Å². The summed E-state index contributed by atoms with van der Waals surface area (Å²) in [5.41, 5.74) is 2.03. The first-order valence-corrected chi connectivity index (χ1v) is 12.9. The van der Waals surface area contributed by atoms with Gasteiger partial charge in [0, 0.05) is 24.0 Å². The third kappa shape index (κ3) is 5.13. The molecule has 2 aromatic rings. The first-order valence-electron chi connectivity index (χ1n) is 11.1. The predicted molar refractivity (Wildman–Crippen MR) is 122 cm³/mol. The number of nitrogens with zero attached hydrogens (tertiary/aromatic N) is 1. The lowest BCUT2D eigenvalue weighted by Gasteiger charge is -2.36. The van der Waals surface area contributed by atoms with Crippen LogP contribution >= 0.6 is 11.6 Å². The second-order valence-electron chi connectivity index (χ2n) is 8.49. The van der Waals surface area contributed by atoms with Crippen molar-refractivity contribution in [3.05, 3.63) is 64.7 Å². The van der Waals surface area contributed by atoms with Crippen LogP contribution in [0.4, 0.5) is 0 Å². The molecule has 1 saturated carbocycles. The van der Waals surface area contributed by atoms with E-state index >= 15 is 0 Å². The number of benzene rings is 2. The second-order valence-corrected chi connectivity index (χ2v) is 10.8. The van der Waals surface area contributed by atoms with Gasteiger partial charge < -0.3 is 5.32 Å². The Bertz CT molecular complexity index is 1020. The monoisotopic (exact) mass is 460 g/mol. The highest BCUT2D eigenvalue weighted by Gasteiger charge is 2.37. The molecule has 2 aromatic carbocycles. The van der Waals surface area contributed by atoms with E-state index in [1.54, 1.807) is 12.1 Å². The Balaban J connectivity index is 1.60. The van der Waals surface area contributed by atoms with Gasteiger partial charge in [0.2, 0.25) is 15.9 Å². The molecule has 1 amide bonds. The normalized spacial score (nSPS) is 20.6. The Morgan fingerprint density at radius 3 is 2.39 bits per heavy atom. The lowest BCUT2D eigenvalue weighted by atomic mass is 9.92. The third-order valence-corrected chi connectivity index (χ3v) is 8.56. The molecule has 5 nitrogen and oxygen atoms in total. The highest BCUT2D eigenvalue weighted by molar-refractivity contribution is 7.89. The van der Waals surface area contributed by atoms with Gasteiger partial charge in [-0.25, -0.2) is 8.42 Å². The van der Waals surface area contributed by atoms with Gasteiger partial charge in [-0.3, -0.25) is 4.79 Å². The molecule has 0 bridgehead atoms. The van der Waals surface area contributed by atoms with Crippen molar-refractivity contribution in [2.75, 3.05) is 6.54 Å². The van der Waals surface area contributed by atoms with E-state index < -0.39 is 16.1 Å². The molecule has 31 heavy (non-hydrogen) atoms. The smallest absolute Gasteiger partial charge is 0.243 e. The van der Waals surface area contributed by atoms with Crippen LogP contribution in [0.15, 0.2) is 53.4 Å². The largest absolute Gasteiger partial charge is 0.353 e. The van der Waals surface area contributed by atoms with E-state index in [0.29, 0.717) is 18.0 Å². The van der Waals surface area contributed by atoms with Gasteiger partial charge in [-0.1, -0.05) is 61.5 Å². The summed E-state index contributed by atoms with van der Waals surface area (Å²) in [5, 5.41) is 3.67. The number of hydrogen-bond donors (Lipinski definition) is 1. The standard InChI is InChI=1S/C24H29ClN2O3S/c25-19-11-13-21(14-12-19)31(29,30)27-16-15-18-7-5-6-10-22(18)23(27)17-24(28)26-20-8-3-1-2-4-9-20/h5-7,10-14,20,23H,1-4,8-9,15-17H2,(H,26,28)/t23-/m1/s1. The Labute approximate surface area is 189 Å². The van der Waals surface area contributed by atoms with Gasteiger partial charge in [0.1, 0.15) is 0 Å². The van der Waals surface area contributed by atoms with E-state index in [1.165, 1.54) is 29.3 Å². The summed E-state index contributed by atoms with van der Waals surface area (Å²) in [6.07, 6.45) is 7.46. The van der Waals surface area contributed by atoms with Crippen LogP contribution in [0.1, 0.15) is 62.1 Å². The fourth-order valence-corrected chi connectivity index (χ4v) is 6.49. The molecule has 0 unspecified atom stereocenters. The molecule has 0 saturated heterocycles. The number of fused-ring (bicyclic) bond motifs is 1. The third-order valence-electron chi connectivity index (χ3n) is 6.38. The van der Waals surface area contributed by atoms with Gasteiger partial charge in [-0.2, -0.15) is 4.31 Å². The minimum Gasteiger partial charge on any atom is -0.353 e. The maximum absolute atomic E-state index is 13.5. The fraction of sp³-hybridized carbons (Fsp3) is 0.458. The minimum absolute atomic E-state index is 0.0788. The van der Waals surface area contributed by atoms with Gasteiger partial charge in [0.05, 0.1) is 10.9 Å². The zero-order chi connectivity index (χ0) is 21.8. The number of halogens is 1. The Kier molecular flexibility index (Phi) is 6.99. The second kappa shape index (κ2) is 9.72. The summed E-state index contributed by atoms with van der Waals surface area (Å²) in [4.78, 5) is 13.2. The number of hydrogen-bond acceptors (Lipinski definition) is 3. The number of nitrogens with one attached hydrogen (secondary N) is 1. The molecule has 1 fully saturated rings. The molecule has 0 aromatic heterocycles. The molecule has 1 aliphatic carbocycles. The van der Waals surface area contributed by atoms with Crippen LogP contribution in [-0.2, 0) is 21.2 Å². The number of amides is 1. The van der Waals surface area contributed by atoms with Crippen molar-refractivity contribution in [2.24, 2.45) is 0 Å². The zero-order valence-corrected chi connectivity index (χ0v) is 19.2. The summed E-state index contributed by atoms with van der Waals surface area (Å²) in [5.74, 6) is -0.0788. The molecule has 1 aliphatic heterocycles. The van der Waals surface area contributed by atoms with Crippen LogP contribution in [0.3, 0.4) is 0 Å². The Hall–Kier alpha value is -1.89. The van der Waals surface area contributed by atoms with E-state index in [0.717, 1.165) is 36.8 Å². The molecule has 4 rings (SSSR count). The van der Waals surface area contributed by atoms with E-state index in [2.05, 4.69) is 5.32 Å². The van der Waals surface area contributed by atoms with Crippen molar-refractivity contribution in [1.29, 1.82) is 0 Å². The van der Waals surface area contributed by atoms with E-state index in [9.17, 15) is 13.2 Å². The Morgan fingerprint density at radius 1 is 1.00 bits per heavy atom. The van der Waals surface area contributed by atoms with Gasteiger partial charge in [-0.05, 0) is 54.7 Å². The summed E-state index contributed by atoms with van der Waals surface area (Å²) < 4.78 is 28.5. The topological polar surface area (TPSA) is 66.5 Å². The van der Waals surface area contributed by atoms with Crippen molar-refractivity contribution in [3.8, 4) is 0 Å². The highest BCUT2D eigenvalue weighted by atomic mass is 35.5. The number of carbonyl (C=O) groups is 1. The summed E-state index contributed by atoms with van der Waals surface area (Å²) in [7, 11) is -3.76. The van der Waals surface area contributed by atoms with E-state index in [1.807, 2.05) is 24.3 Å². The molecule has 0 spiro atoms. The molecular formula is C24H29ClN2O3S. The van der Waals surface area contributed by atoms with E-state index in [4.69, 9.17) is 11.6 Å². The lowest BCUT2D eigenvalue weighted by molar-refractivity contribution is -0.122. The maximum atomic E-state index is 13.5. The molecule has 7 heteroatoms. The molecule has 1 heterocycles. The number of carbonyl (C=O) groups excluding carboxylic acids is 1. The number of rotatable bonds is 5. The average Bonchev–Trinajstić information content (AvgIpc) is 3.02. The Morgan fingerprint density at radius 2 is 1.68 bits per heavy atom. The first kappa shape index (κ1) is 22.3. The van der Waals surface area contributed by atoms with Gasteiger partial charge in [0.25, 0.3) is 0 Å². The molecule has 0 radical (unpaired) electrons. The van der Waals surface area contributed by atoms with Crippen LogP contribution < -0.4 is 5.32 Å². The van der Waals surface area contributed by atoms with E-state index in [-0.39, 0.29) is 23.3 Å². The van der Waals surface area contributed by atoms with Crippen LogP contribution in [0.25, 0.3) is 0 Å². The van der Waals surface area contributed by atoms with Crippen LogP contribution in [-0.4, -0.2) is 31.2 Å². The summed E-state index contributed by atoms with van der Waals surface area (Å²) in [6, 6.07) is 13.7. The van der Waals surface area contributed by atoms with Crippen LogP contribution in [0.5, 0.6) is 0 Å². The fourth-order valence-electron chi connectivity index (χ4n) is 4.76. The summed E-state index contributed by atoms with van der Waals surface area (Å²) >= 11 is 5.95. The predicted octanol–water partition coefficient (Wildman–Crippen LogP) is 4.86. The lowest BCUT2D eigenvalue weighted by Crippen LogP contribution is -2.43. The molecule has 2 aliphatic rings. The number of sulfonamides is 1. The van der Waals surface area contributed by atoms with Crippen molar-refractivity contribution >= 4 is 27.5 Å². The molecule has 1 N–H and O–H groups in total. The maximum Gasteiger partial charge on any atom is 0.243 e. The van der Waals surface area contributed by atoms with Crippen molar-refractivity contribution in [3.63, 3.8) is 0 Å². The van der Waals surface area contributed by atoms with Crippen LogP contribution in [0.2, 0.25) is 5.02 Å². The molecule has 166 valence electrons. The zero-order valence-electron chi connectivity index (χ0n) is 17.6. The summed E-state index contributed by atoms with van der Waals surface area (Å²) in [6.45, 7) is 0.351.